The van der Waals surface area contributed by atoms with Gasteiger partial charge in [-0.1, -0.05) is 15.9 Å². The first-order valence-corrected chi connectivity index (χ1v) is 7.38. The van der Waals surface area contributed by atoms with Gasteiger partial charge < -0.3 is 15.0 Å². The van der Waals surface area contributed by atoms with Gasteiger partial charge in [0, 0.05) is 29.2 Å². The first-order chi connectivity index (χ1) is 9.99. The third-order valence-electron chi connectivity index (χ3n) is 3.39. The van der Waals surface area contributed by atoms with Crippen molar-refractivity contribution in [3.05, 3.63) is 34.1 Å². The summed E-state index contributed by atoms with van der Waals surface area (Å²) in [4.78, 5) is 25.0. The van der Waals surface area contributed by atoms with E-state index in [4.69, 9.17) is 0 Å². The van der Waals surface area contributed by atoms with Gasteiger partial charge in [-0.05, 0) is 31.0 Å². The number of carbonyl (C=O) groups excluding carboxylic acids is 2. The van der Waals surface area contributed by atoms with Crippen molar-refractivity contribution in [3.8, 4) is 0 Å². The van der Waals surface area contributed by atoms with E-state index < -0.39 is 5.82 Å². The van der Waals surface area contributed by atoms with Gasteiger partial charge in [-0.3, -0.25) is 4.79 Å². The second kappa shape index (κ2) is 6.89. The fourth-order valence-corrected chi connectivity index (χ4v) is 2.75. The molecule has 7 heteroatoms. The third-order valence-corrected chi connectivity index (χ3v) is 3.85. The number of likely N-dealkylation sites (tertiary alicyclic amines) is 1. The molecule has 2 amide bonds. The lowest BCUT2D eigenvalue weighted by molar-refractivity contribution is 0.0891. The molecule has 1 aromatic carbocycles. The molecule has 5 nitrogen and oxygen atoms in total. The summed E-state index contributed by atoms with van der Waals surface area (Å²) >= 11 is 3.16. The molecule has 1 aliphatic rings. The summed E-state index contributed by atoms with van der Waals surface area (Å²) in [5.74, 6) is -0.776. The number of ether oxygens (including phenoxy) is 1. The monoisotopic (exact) mass is 358 g/mol. The van der Waals surface area contributed by atoms with Crippen LogP contribution in [0.4, 0.5) is 9.18 Å². The summed E-state index contributed by atoms with van der Waals surface area (Å²) in [5, 5.41) is 2.86. The Morgan fingerprint density at radius 1 is 1.33 bits per heavy atom. The Kier molecular flexibility index (Phi) is 5.17. The molecule has 1 heterocycles. The average molecular weight is 359 g/mol. The number of halogens is 2. The lowest BCUT2D eigenvalue weighted by Crippen LogP contribution is -2.46. The molecule has 0 saturated carbocycles. The van der Waals surface area contributed by atoms with Crippen LogP contribution in [0, 0.1) is 5.82 Å². The lowest BCUT2D eigenvalue weighted by atomic mass is 10.0. The fourth-order valence-electron chi connectivity index (χ4n) is 2.29. The number of amides is 2. The Labute approximate surface area is 130 Å². The fraction of sp³-hybridized carbons (Fsp3) is 0.429. The first kappa shape index (κ1) is 15.8. The van der Waals surface area contributed by atoms with Gasteiger partial charge >= 0.3 is 6.09 Å². The van der Waals surface area contributed by atoms with Gasteiger partial charge in [0.25, 0.3) is 5.91 Å². The minimum Gasteiger partial charge on any atom is -0.453 e. The number of carbonyl (C=O) groups is 2. The van der Waals surface area contributed by atoms with Crippen LogP contribution >= 0.6 is 15.9 Å². The molecule has 2 rings (SSSR count). The van der Waals surface area contributed by atoms with Crippen molar-refractivity contribution < 1.29 is 18.7 Å². The highest BCUT2D eigenvalue weighted by atomic mass is 79.9. The molecule has 1 fully saturated rings. The predicted octanol–water partition coefficient (Wildman–Crippen LogP) is 2.55. The van der Waals surface area contributed by atoms with Crippen LogP contribution in [0.15, 0.2) is 22.7 Å². The zero-order valence-electron chi connectivity index (χ0n) is 11.6. The molecule has 0 bridgehead atoms. The van der Waals surface area contributed by atoms with Crippen LogP contribution in [0.2, 0.25) is 0 Å². The number of nitrogens with zero attached hydrogens (tertiary/aromatic N) is 1. The predicted molar refractivity (Wildman–Crippen MR) is 78.6 cm³/mol. The van der Waals surface area contributed by atoms with Crippen molar-refractivity contribution in [2.75, 3.05) is 20.2 Å². The van der Waals surface area contributed by atoms with E-state index in [9.17, 15) is 14.0 Å². The van der Waals surface area contributed by atoms with Crippen molar-refractivity contribution in [3.63, 3.8) is 0 Å². The third kappa shape index (κ3) is 4.17. The minimum atomic E-state index is -0.463. The Bertz CT molecular complexity index is 525. The van der Waals surface area contributed by atoms with Crippen molar-refractivity contribution in [1.29, 1.82) is 0 Å². The summed E-state index contributed by atoms with van der Waals surface area (Å²) < 4.78 is 18.5. The summed E-state index contributed by atoms with van der Waals surface area (Å²) in [5.41, 5.74) is 0.275. The van der Waals surface area contributed by atoms with Crippen LogP contribution in [0.25, 0.3) is 0 Å². The number of rotatable bonds is 2. The quantitative estimate of drug-likeness (QED) is 0.883. The van der Waals surface area contributed by atoms with Crippen molar-refractivity contribution in [1.82, 2.24) is 10.2 Å². The standard InChI is InChI=1S/C14H16BrFN2O3/c1-21-14(20)18-4-2-12(3-5-18)17-13(19)9-6-10(15)8-11(16)7-9/h6-8,12H,2-5H2,1H3,(H,17,19). The Hall–Kier alpha value is -1.63. The highest BCUT2D eigenvalue weighted by molar-refractivity contribution is 9.10. The second-order valence-electron chi connectivity index (χ2n) is 4.86. The van der Waals surface area contributed by atoms with Gasteiger partial charge in [-0.2, -0.15) is 0 Å². The molecule has 0 radical (unpaired) electrons. The molecule has 21 heavy (non-hydrogen) atoms. The van der Waals surface area contributed by atoms with Gasteiger partial charge in [0.2, 0.25) is 0 Å². The van der Waals surface area contributed by atoms with Gasteiger partial charge in [-0.15, -0.1) is 0 Å². The van der Waals surface area contributed by atoms with E-state index in [-0.39, 0.29) is 23.6 Å². The van der Waals surface area contributed by atoms with Gasteiger partial charge in [-0.25, -0.2) is 9.18 Å². The molecule has 0 spiro atoms. The number of hydrogen-bond acceptors (Lipinski definition) is 3. The van der Waals surface area contributed by atoms with Crippen LogP contribution in [0.1, 0.15) is 23.2 Å². The van der Waals surface area contributed by atoms with E-state index in [0.29, 0.717) is 30.4 Å². The molecule has 1 N–H and O–H groups in total. The van der Waals surface area contributed by atoms with Gasteiger partial charge in [0.15, 0.2) is 0 Å². The second-order valence-corrected chi connectivity index (χ2v) is 5.78. The zero-order chi connectivity index (χ0) is 15.4. The normalized spacial score (nSPS) is 15.7. The van der Waals surface area contributed by atoms with Crippen molar-refractivity contribution >= 4 is 27.9 Å². The highest BCUT2D eigenvalue weighted by Gasteiger charge is 2.24. The molecule has 0 aromatic heterocycles. The molecule has 1 aromatic rings. The summed E-state index contributed by atoms with van der Waals surface area (Å²) in [6, 6.07) is 4.04. The molecule has 0 atom stereocenters. The molecule has 0 aliphatic carbocycles. The molecular formula is C14H16BrFN2O3. The maximum absolute atomic E-state index is 13.3. The Morgan fingerprint density at radius 2 is 2.00 bits per heavy atom. The molecule has 1 aliphatic heterocycles. The molecular weight excluding hydrogens is 343 g/mol. The van der Waals surface area contributed by atoms with E-state index in [1.807, 2.05) is 0 Å². The van der Waals surface area contributed by atoms with Gasteiger partial charge in [0.05, 0.1) is 7.11 Å². The largest absolute Gasteiger partial charge is 0.453 e. The number of methoxy groups -OCH3 is 1. The maximum atomic E-state index is 13.3. The summed E-state index contributed by atoms with van der Waals surface area (Å²) in [7, 11) is 1.35. The number of hydrogen-bond donors (Lipinski definition) is 1. The number of nitrogens with one attached hydrogen (secondary N) is 1. The topological polar surface area (TPSA) is 58.6 Å². The Balaban J connectivity index is 1.91. The molecule has 0 unspecified atom stereocenters. The SMILES string of the molecule is COC(=O)N1CCC(NC(=O)c2cc(F)cc(Br)c2)CC1. The van der Waals surface area contributed by atoms with Crippen molar-refractivity contribution in [2.45, 2.75) is 18.9 Å². The smallest absolute Gasteiger partial charge is 0.409 e. The van der Waals surface area contributed by atoms with E-state index in [0.717, 1.165) is 0 Å². The lowest BCUT2D eigenvalue weighted by Gasteiger charge is -2.31. The summed E-state index contributed by atoms with van der Waals surface area (Å²) in [6.07, 6.45) is 0.947. The number of piperidine rings is 1. The van der Waals surface area contributed by atoms with Crippen molar-refractivity contribution in [2.24, 2.45) is 0 Å². The van der Waals surface area contributed by atoms with E-state index in [1.54, 1.807) is 11.0 Å². The zero-order valence-corrected chi connectivity index (χ0v) is 13.2. The minimum absolute atomic E-state index is 0.0274. The highest BCUT2D eigenvalue weighted by Crippen LogP contribution is 2.16. The number of benzene rings is 1. The van der Waals surface area contributed by atoms with E-state index in [1.165, 1.54) is 19.2 Å². The Morgan fingerprint density at radius 3 is 2.57 bits per heavy atom. The van der Waals surface area contributed by atoms with Crippen LogP contribution in [0.3, 0.4) is 0 Å². The molecule has 1 saturated heterocycles. The van der Waals surface area contributed by atoms with E-state index >= 15 is 0 Å². The van der Waals surface area contributed by atoms with Crippen LogP contribution in [0.5, 0.6) is 0 Å². The van der Waals surface area contributed by atoms with E-state index in [2.05, 4.69) is 26.0 Å². The van der Waals surface area contributed by atoms with Crippen LogP contribution in [-0.4, -0.2) is 43.1 Å². The first-order valence-electron chi connectivity index (χ1n) is 6.59. The molecule has 114 valence electrons. The summed E-state index contributed by atoms with van der Waals surface area (Å²) in [6.45, 7) is 1.06. The van der Waals surface area contributed by atoms with Gasteiger partial charge in [0.1, 0.15) is 5.82 Å². The van der Waals surface area contributed by atoms with Crippen LogP contribution < -0.4 is 5.32 Å². The maximum Gasteiger partial charge on any atom is 0.409 e. The average Bonchev–Trinajstić information content (AvgIpc) is 2.46. The van der Waals surface area contributed by atoms with Crippen LogP contribution in [-0.2, 0) is 4.74 Å².